The van der Waals surface area contributed by atoms with Crippen LogP contribution in [-0.2, 0) is 0 Å². The van der Waals surface area contributed by atoms with E-state index in [2.05, 4.69) is 13.8 Å². The van der Waals surface area contributed by atoms with E-state index in [0.717, 1.165) is 19.3 Å². The molecule has 2 nitrogen and oxygen atoms in total. The molecule has 1 unspecified atom stereocenters. The maximum absolute atomic E-state index is 10.2. The van der Waals surface area contributed by atoms with Crippen molar-refractivity contribution in [3.8, 4) is 0 Å². The van der Waals surface area contributed by atoms with E-state index in [1.807, 2.05) is 13.8 Å². The van der Waals surface area contributed by atoms with Gasteiger partial charge in [0.05, 0.1) is 11.7 Å². The largest absolute Gasteiger partial charge is 0.392 e. The molecule has 2 aliphatic carbocycles. The lowest BCUT2D eigenvalue weighted by molar-refractivity contribution is -0.284. The Morgan fingerprint density at radius 3 is 2.14 bits per heavy atom. The Morgan fingerprint density at radius 1 is 1.14 bits per heavy atom. The molecule has 2 rings (SSSR count). The average Bonchev–Trinajstić information content (AvgIpc) is 2.07. The molecular weight excluding hydrogens is 176 g/mol. The number of aliphatic hydroxyl groups is 2. The molecule has 2 fully saturated rings. The predicted molar refractivity (Wildman–Crippen MR) is 55.9 cm³/mol. The first-order valence-electron chi connectivity index (χ1n) is 5.62. The lowest BCUT2D eigenvalue weighted by Crippen LogP contribution is -2.71. The highest BCUT2D eigenvalue weighted by Crippen LogP contribution is 2.66. The molecule has 2 saturated carbocycles. The normalized spacial score (nSPS) is 56.1. The van der Waals surface area contributed by atoms with E-state index in [1.165, 1.54) is 0 Å². The van der Waals surface area contributed by atoms with Gasteiger partial charge in [-0.3, -0.25) is 0 Å². The second-order valence-corrected chi connectivity index (χ2v) is 6.36. The van der Waals surface area contributed by atoms with Gasteiger partial charge in [-0.15, -0.1) is 0 Å². The molecular formula is C12H22O2. The first kappa shape index (κ1) is 10.4. The van der Waals surface area contributed by atoms with Crippen LogP contribution in [0.25, 0.3) is 0 Å². The van der Waals surface area contributed by atoms with Crippen LogP contribution in [0.3, 0.4) is 0 Å². The van der Waals surface area contributed by atoms with E-state index in [0.29, 0.717) is 5.92 Å². The highest BCUT2D eigenvalue weighted by atomic mass is 16.3. The summed E-state index contributed by atoms with van der Waals surface area (Å²) in [6.07, 6.45) is 2.41. The summed E-state index contributed by atoms with van der Waals surface area (Å²) >= 11 is 0. The molecule has 2 aliphatic rings. The molecule has 0 aliphatic heterocycles. The minimum Gasteiger partial charge on any atom is -0.392 e. The van der Waals surface area contributed by atoms with Crippen molar-refractivity contribution in [1.82, 2.24) is 0 Å². The number of hydrogen-bond donors (Lipinski definition) is 2. The predicted octanol–water partition coefficient (Wildman–Crippen LogP) is 1.94. The van der Waals surface area contributed by atoms with Crippen LogP contribution in [0.4, 0.5) is 0 Å². The van der Waals surface area contributed by atoms with Crippen LogP contribution in [0, 0.1) is 16.7 Å². The van der Waals surface area contributed by atoms with Crippen LogP contribution in [0.15, 0.2) is 0 Å². The Balaban J connectivity index is 2.34. The van der Waals surface area contributed by atoms with Crippen molar-refractivity contribution < 1.29 is 10.2 Å². The van der Waals surface area contributed by atoms with E-state index < -0.39 is 5.60 Å². The minimum atomic E-state index is -0.672. The smallest absolute Gasteiger partial charge is 0.0703 e. The molecule has 0 aromatic rings. The van der Waals surface area contributed by atoms with Gasteiger partial charge in [-0.1, -0.05) is 20.8 Å². The second kappa shape index (κ2) is 2.53. The SMILES string of the molecule is CC1(C)CC[C@H](O)[C@]2(C)C1C[C@]2(C)O. The van der Waals surface area contributed by atoms with Gasteiger partial charge in [0.1, 0.15) is 0 Å². The third-order valence-corrected chi connectivity index (χ3v) is 5.18. The number of fused-ring (bicyclic) bond motifs is 1. The van der Waals surface area contributed by atoms with E-state index in [-0.39, 0.29) is 16.9 Å². The van der Waals surface area contributed by atoms with Crippen LogP contribution < -0.4 is 0 Å². The zero-order chi connectivity index (χ0) is 10.8. The fourth-order valence-corrected chi connectivity index (χ4v) is 3.74. The van der Waals surface area contributed by atoms with Crippen molar-refractivity contribution in [2.45, 2.75) is 58.7 Å². The third kappa shape index (κ3) is 0.989. The summed E-state index contributed by atoms with van der Waals surface area (Å²) in [5, 5.41) is 20.3. The van der Waals surface area contributed by atoms with Crippen molar-refractivity contribution in [2.75, 3.05) is 0 Å². The first-order chi connectivity index (χ1) is 6.22. The first-order valence-corrected chi connectivity index (χ1v) is 5.62. The van der Waals surface area contributed by atoms with Crippen molar-refractivity contribution in [2.24, 2.45) is 16.7 Å². The van der Waals surface area contributed by atoms with E-state index in [1.54, 1.807) is 0 Å². The highest BCUT2D eigenvalue weighted by molar-refractivity contribution is 5.17. The van der Waals surface area contributed by atoms with Gasteiger partial charge in [0.15, 0.2) is 0 Å². The Hall–Kier alpha value is -0.0800. The minimum absolute atomic E-state index is 0.274. The number of hydrogen-bond acceptors (Lipinski definition) is 2. The topological polar surface area (TPSA) is 40.5 Å². The summed E-state index contributed by atoms with van der Waals surface area (Å²) in [5.74, 6) is 0.466. The Kier molecular flexibility index (Phi) is 1.89. The second-order valence-electron chi connectivity index (χ2n) is 6.36. The van der Waals surface area contributed by atoms with E-state index in [9.17, 15) is 10.2 Å². The quantitative estimate of drug-likeness (QED) is 0.624. The summed E-state index contributed by atoms with van der Waals surface area (Å²) in [5.41, 5.74) is -0.681. The summed E-state index contributed by atoms with van der Waals surface area (Å²) in [6.45, 7) is 8.44. The maximum Gasteiger partial charge on any atom is 0.0703 e. The van der Waals surface area contributed by atoms with Gasteiger partial charge < -0.3 is 10.2 Å². The molecule has 0 aromatic carbocycles. The fourth-order valence-electron chi connectivity index (χ4n) is 3.74. The molecule has 2 N–H and O–H groups in total. The summed E-state index contributed by atoms with van der Waals surface area (Å²) in [6, 6.07) is 0. The molecule has 0 spiro atoms. The van der Waals surface area contributed by atoms with Crippen molar-refractivity contribution >= 4 is 0 Å². The summed E-state index contributed by atoms with van der Waals surface area (Å²) in [4.78, 5) is 0. The van der Waals surface area contributed by atoms with Crippen molar-refractivity contribution in [3.05, 3.63) is 0 Å². The molecule has 0 radical (unpaired) electrons. The molecule has 0 amide bonds. The van der Waals surface area contributed by atoms with Gasteiger partial charge in [-0.05, 0) is 37.5 Å². The maximum atomic E-state index is 10.2. The van der Waals surface area contributed by atoms with Crippen LogP contribution >= 0.6 is 0 Å². The number of rotatable bonds is 0. The fraction of sp³-hybridized carbons (Fsp3) is 1.00. The van der Waals surface area contributed by atoms with Crippen molar-refractivity contribution in [1.29, 1.82) is 0 Å². The van der Waals surface area contributed by atoms with Gasteiger partial charge in [-0.25, -0.2) is 0 Å². The van der Waals surface area contributed by atoms with Gasteiger partial charge in [0.2, 0.25) is 0 Å². The average molecular weight is 198 g/mol. The van der Waals surface area contributed by atoms with E-state index in [4.69, 9.17) is 0 Å². The van der Waals surface area contributed by atoms with Crippen molar-refractivity contribution in [3.63, 3.8) is 0 Å². The van der Waals surface area contributed by atoms with Crippen LogP contribution in [0.5, 0.6) is 0 Å². The number of aliphatic hydroxyl groups excluding tert-OH is 1. The zero-order valence-corrected chi connectivity index (χ0v) is 9.67. The Bertz CT molecular complexity index is 255. The molecule has 0 aromatic heterocycles. The lowest BCUT2D eigenvalue weighted by atomic mass is 9.39. The lowest BCUT2D eigenvalue weighted by Gasteiger charge is -2.68. The molecule has 4 atom stereocenters. The van der Waals surface area contributed by atoms with Gasteiger partial charge in [0.25, 0.3) is 0 Å². The molecule has 2 heteroatoms. The summed E-state index contributed by atoms with van der Waals surface area (Å²) < 4.78 is 0. The molecule has 0 saturated heterocycles. The monoisotopic (exact) mass is 198 g/mol. The standard InChI is InChI=1S/C12H22O2/c1-10(2)6-5-9(13)12(4)8(10)7-11(12,3)14/h8-9,13-14H,5-7H2,1-4H3/t8?,9-,11-,12-/m0/s1. The Labute approximate surface area is 86.3 Å². The Morgan fingerprint density at radius 2 is 1.71 bits per heavy atom. The molecule has 14 heavy (non-hydrogen) atoms. The van der Waals surface area contributed by atoms with E-state index >= 15 is 0 Å². The molecule has 0 heterocycles. The third-order valence-electron chi connectivity index (χ3n) is 5.18. The molecule has 82 valence electrons. The van der Waals surface area contributed by atoms with Crippen LogP contribution in [-0.4, -0.2) is 21.9 Å². The summed E-state index contributed by atoms with van der Waals surface area (Å²) in [7, 11) is 0. The van der Waals surface area contributed by atoms with Crippen LogP contribution in [0.2, 0.25) is 0 Å². The van der Waals surface area contributed by atoms with Gasteiger partial charge in [-0.2, -0.15) is 0 Å². The van der Waals surface area contributed by atoms with Gasteiger partial charge >= 0.3 is 0 Å². The molecule has 0 bridgehead atoms. The highest BCUT2D eigenvalue weighted by Gasteiger charge is 2.67. The van der Waals surface area contributed by atoms with Crippen LogP contribution in [0.1, 0.15) is 47.0 Å². The zero-order valence-electron chi connectivity index (χ0n) is 9.67. The van der Waals surface area contributed by atoms with Gasteiger partial charge in [0, 0.05) is 5.41 Å².